The average Bonchev–Trinajstić information content (AvgIpc) is 3.10. The van der Waals surface area contributed by atoms with Crippen molar-refractivity contribution in [2.75, 3.05) is 39.3 Å². The van der Waals surface area contributed by atoms with Gasteiger partial charge in [0.05, 0.1) is 38.8 Å². The maximum absolute atomic E-state index is 12.9. The molecule has 300 valence electrons. The van der Waals surface area contributed by atoms with Gasteiger partial charge in [0, 0.05) is 19.4 Å². The van der Waals surface area contributed by atoms with E-state index in [1.165, 1.54) is 141 Å². The molecule has 2 amide bonds. The number of nitrogens with zero attached hydrogens (tertiary/aromatic N) is 1. The summed E-state index contributed by atoms with van der Waals surface area (Å²) in [7, 11) is 0. The smallest absolute Gasteiger partial charge is 0.220 e. The van der Waals surface area contributed by atoms with Crippen molar-refractivity contribution in [3.8, 4) is 0 Å². The Bertz CT molecular complexity index is 720. The Morgan fingerprint density at radius 3 is 1.24 bits per heavy atom. The van der Waals surface area contributed by atoms with Gasteiger partial charge in [0.2, 0.25) is 11.8 Å². The van der Waals surface area contributed by atoms with Gasteiger partial charge >= 0.3 is 0 Å². The van der Waals surface area contributed by atoms with Gasteiger partial charge in [-0.25, -0.2) is 0 Å². The van der Waals surface area contributed by atoms with E-state index in [4.69, 9.17) is 0 Å². The Labute approximate surface area is 318 Å². The second-order valence-electron chi connectivity index (χ2n) is 15.3. The Kier molecular flexibility index (Phi) is 40.3. The van der Waals surface area contributed by atoms with Crippen LogP contribution in [0, 0.1) is 0 Å². The number of aliphatic hydroxyl groups is 1. The molecular weight excluding hydrogens is 642 g/mol. The summed E-state index contributed by atoms with van der Waals surface area (Å²) >= 11 is 0. The number of halogens is 1. The maximum Gasteiger partial charge on any atom is 0.220 e. The summed E-state index contributed by atoms with van der Waals surface area (Å²) in [6, 6.07) is 0.0584. The van der Waals surface area contributed by atoms with Crippen molar-refractivity contribution in [2.45, 2.75) is 226 Å². The summed E-state index contributed by atoms with van der Waals surface area (Å²) in [5.41, 5.74) is 0. The van der Waals surface area contributed by atoms with E-state index in [9.17, 15) is 14.7 Å². The van der Waals surface area contributed by atoms with E-state index in [0.29, 0.717) is 25.8 Å². The number of aliphatic hydroxyl groups excluding tert-OH is 1. The molecule has 0 aliphatic rings. The van der Waals surface area contributed by atoms with Crippen molar-refractivity contribution >= 4 is 11.8 Å². The minimum Gasteiger partial charge on any atom is -1.00 e. The molecule has 1 unspecified atom stereocenters. The van der Waals surface area contributed by atoms with Gasteiger partial charge in [-0.05, 0) is 39.5 Å². The minimum atomic E-state index is 0. The molecule has 7 heteroatoms. The van der Waals surface area contributed by atoms with Gasteiger partial charge in [0.15, 0.2) is 0 Å². The highest BCUT2D eigenvalue weighted by molar-refractivity contribution is 5.76. The predicted molar refractivity (Wildman–Crippen MR) is 213 cm³/mol. The normalized spacial score (nSPS) is 12.1. The molecule has 0 aromatic carbocycles. The Morgan fingerprint density at radius 2 is 0.880 bits per heavy atom. The van der Waals surface area contributed by atoms with Crippen molar-refractivity contribution in [3.05, 3.63) is 0 Å². The lowest BCUT2D eigenvalue weighted by molar-refractivity contribution is -0.924. The van der Waals surface area contributed by atoms with Gasteiger partial charge in [0.25, 0.3) is 0 Å². The highest BCUT2D eigenvalue weighted by Gasteiger charge is 2.28. The lowest BCUT2D eigenvalue weighted by Gasteiger charge is -2.40. The van der Waals surface area contributed by atoms with E-state index in [1.54, 1.807) is 0 Å². The summed E-state index contributed by atoms with van der Waals surface area (Å²) < 4.78 is 0.869. The lowest BCUT2D eigenvalue weighted by atomic mass is 10.0. The predicted octanol–water partition coefficient (Wildman–Crippen LogP) is 8.18. The molecule has 3 N–H and O–H groups in total. The SMILES string of the molecule is CCCCCCCCCCCCCCCC(=O)NCC[N+](CC)(CC)CC(CCCO)NC(=O)CCCCCCCCCCCCCCC.[Cl-]. The fourth-order valence-electron chi connectivity index (χ4n) is 7.33. The van der Waals surface area contributed by atoms with Crippen LogP contribution in [0.4, 0.5) is 0 Å². The van der Waals surface area contributed by atoms with Gasteiger partial charge in [-0.2, -0.15) is 0 Å². The molecule has 0 aliphatic carbocycles. The van der Waals surface area contributed by atoms with Crippen LogP contribution in [0.25, 0.3) is 0 Å². The number of nitrogens with one attached hydrogen (secondary N) is 2. The zero-order valence-corrected chi connectivity index (χ0v) is 34.9. The lowest BCUT2D eigenvalue weighted by Crippen LogP contribution is -3.00. The first-order valence-corrected chi connectivity index (χ1v) is 22.0. The Hall–Kier alpha value is -0.850. The molecule has 1 atom stereocenters. The molecule has 0 rings (SSSR count). The van der Waals surface area contributed by atoms with Crippen molar-refractivity contribution < 1.29 is 31.6 Å². The summed E-state index contributed by atoms with van der Waals surface area (Å²) in [4.78, 5) is 25.5. The summed E-state index contributed by atoms with van der Waals surface area (Å²) in [5.74, 6) is 0.332. The topological polar surface area (TPSA) is 78.4 Å². The second-order valence-corrected chi connectivity index (χ2v) is 15.3. The fraction of sp³-hybridized carbons (Fsp3) is 0.953. The zero-order valence-electron chi connectivity index (χ0n) is 34.1. The zero-order chi connectivity index (χ0) is 36.1. The fourth-order valence-corrected chi connectivity index (χ4v) is 7.33. The van der Waals surface area contributed by atoms with Crippen LogP contribution in [0.5, 0.6) is 0 Å². The van der Waals surface area contributed by atoms with Crippen LogP contribution in [0.15, 0.2) is 0 Å². The van der Waals surface area contributed by atoms with Gasteiger partial charge in [-0.3, -0.25) is 9.59 Å². The Morgan fingerprint density at radius 1 is 0.520 bits per heavy atom. The third-order valence-electron chi connectivity index (χ3n) is 10.9. The number of carbonyl (C=O) groups excluding carboxylic acids is 2. The quantitative estimate of drug-likeness (QED) is 0.0441. The molecule has 0 spiro atoms. The molecule has 0 saturated carbocycles. The molecule has 0 aliphatic heterocycles. The first-order chi connectivity index (χ1) is 24.0. The second kappa shape index (κ2) is 39.4. The van der Waals surface area contributed by atoms with Gasteiger partial charge in [0.1, 0.15) is 0 Å². The first-order valence-electron chi connectivity index (χ1n) is 22.0. The molecule has 0 heterocycles. The Balaban J connectivity index is 0. The van der Waals surface area contributed by atoms with Crippen LogP contribution in [-0.4, -0.2) is 66.8 Å². The molecule has 6 nitrogen and oxygen atoms in total. The van der Waals surface area contributed by atoms with E-state index in [1.807, 2.05) is 0 Å². The van der Waals surface area contributed by atoms with Crippen LogP contribution in [0.1, 0.15) is 220 Å². The number of carbonyl (C=O) groups is 2. The van der Waals surface area contributed by atoms with E-state index >= 15 is 0 Å². The monoisotopic (exact) mass is 730 g/mol. The van der Waals surface area contributed by atoms with Crippen molar-refractivity contribution in [2.24, 2.45) is 0 Å². The van der Waals surface area contributed by atoms with E-state index < -0.39 is 0 Å². The molecule has 0 aromatic rings. The van der Waals surface area contributed by atoms with Crippen molar-refractivity contribution in [3.63, 3.8) is 0 Å². The number of likely N-dealkylation sites (N-methyl/N-ethyl adjacent to an activating group) is 1. The molecule has 0 bridgehead atoms. The van der Waals surface area contributed by atoms with Gasteiger partial charge in [-0.15, -0.1) is 0 Å². The summed E-state index contributed by atoms with van der Waals surface area (Å²) in [5, 5.41) is 16.1. The minimum absolute atomic E-state index is 0. The highest BCUT2D eigenvalue weighted by atomic mass is 35.5. The number of amides is 2. The largest absolute Gasteiger partial charge is 1.00 e. The summed E-state index contributed by atoms with van der Waals surface area (Å²) in [6.07, 6.45) is 36.9. The van der Waals surface area contributed by atoms with E-state index in [2.05, 4.69) is 38.3 Å². The molecule has 0 fully saturated rings. The summed E-state index contributed by atoms with van der Waals surface area (Å²) in [6.45, 7) is 13.5. The molecule has 0 radical (unpaired) electrons. The molecular formula is C43H88ClN3O3. The standard InChI is InChI=1S/C43H87N3O3.ClH/c1-5-9-11-13-15-17-19-21-23-25-27-29-31-35-42(48)44-37-38-46(7-3,8-4)40-41(34-33-39-47)45-43(49)36-32-30-28-26-24-22-20-18-16-14-12-10-6-2;/h41,47H,5-40H2,1-4H3,(H-,44,45,48,49);1H. The average molecular weight is 731 g/mol. The van der Waals surface area contributed by atoms with Gasteiger partial charge in [-0.1, -0.05) is 168 Å². The van der Waals surface area contributed by atoms with Crippen LogP contribution >= 0.6 is 0 Å². The molecule has 50 heavy (non-hydrogen) atoms. The third-order valence-corrected chi connectivity index (χ3v) is 10.9. The van der Waals surface area contributed by atoms with Crippen molar-refractivity contribution in [1.29, 1.82) is 0 Å². The van der Waals surface area contributed by atoms with Gasteiger partial charge < -0.3 is 32.6 Å². The van der Waals surface area contributed by atoms with E-state index in [-0.39, 0.29) is 36.9 Å². The van der Waals surface area contributed by atoms with Crippen LogP contribution in [0.2, 0.25) is 0 Å². The number of hydrogen-bond acceptors (Lipinski definition) is 3. The van der Waals surface area contributed by atoms with Crippen LogP contribution in [0.3, 0.4) is 0 Å². The van der Waals surface area contributed by atoms with Crippen molar-refractivity contribution in [1.82, 2.24) is 10.6 Å². The molecule has 0 saturated heterocycles. The number of hydrogen-bond donors (Lipinski definition) is 3. The van der Waals surface area contributed by atoms with Crippen LogP contribution < -0.4 is 23.0 Å². The number of quaternary nitrogens is 1. The third kappa shape index (κ3) is 33.0. The van der Waals surface area contributed by atoms with Crippen LogP contribution in [-0.2, 0) is 9.59 Å². The first kappa shape index (κ1) is 51.3. The molecule has 0 aromatic heterocycles. The highest BCUT2D eigenvalue weighted by Crippen LogP contribution is 2.16. The number of unbranched alkanes of at least 4 members (excludes halogenated alkanes) is 24. The van der Waals surface area contributed by atoms with E-state index in [0.717, 1.165) is 62.8 Å². The number of rotatable bonds is 39. The maximum atomic E-state index is 12.9.